The molecule has 1 aliphatic rings. The molecule has 3 aromatic carbocycles. The summed E-state index contributed by atoms with van der Waals surface area (Å²) in [4.78, 5) is 23.7. The minimum Gasteiger partial charge on any atom is -0.489 e. The Labute approximate surface area is 157 Å². The molecule has 0 spiro atoms. The van der Waals surface area contributed by atoms with E-state index in [1.807, 2.05) is 30.3 Å². The van der Waals surface area contributed by atoms with Crippen molar-refractivity contribution in [2.75, 3.05) is 0 Å². The van der Waals surface area contributed by atoms with Crippen LogP contribution < -0.4 is 10.1 Å². The van der Waals surface area contributed by atoms with Crippen molar-refractivity contribution in [1.29, 1.82) is 0 Å². The van der Waals surface area contributed by atoms with Gasteiger partial charge in [-0.1, -0.05) is 52.8 Å². The number of hydrogen-bond donors (Lipinski definition) is 1. The van der Waals surface area contributed by atoms with E-state index in [1.165, 1.54) is 6.07 Å². The van der Waals surface area contributed by atoms with E-state index in [0.29, 0.717) is 11.3 Å². The molecule has 6 heteroatoms. The summed E-state index contributed by atoms with van der Waals surface area (Å²) in [7, 11) is -0.920. The number of ether oxygens (including phenoxy) is 1. The average molecular weight is 381 g/mol. The van der Waals surface area contributed by atoms with Crippen molar-refractivity contribution in [2.45, 2.75) is 11.9 Å². The molecule has 0 aliphatic carbocycles. The molecule has 0 bridgehead atoms. The number of rotatable bonds is 4. The monoisotopic (exact) mass is 381 g/mol. The first-order valence-electron chi connectivity index (χ1n) is 8.30. The summed E-state index contributed by atoms with van der Waals surface area (Å²) in [5, 5.41) is 3.33. The maximum Gasteiger partial charge on any atom is 0.280 e. The van der Waals surface area contributed by atoms with Crippen molar-refractivity contribution in [3.8, 4) is 5.75 Å². The highest BCUT2D eigenvalue weighted by molar-refractivity contribution is 8.28. The predicted octanol–water partition coefficient (Wildman–Crippen LogP) is 4.55. The van der Waals surface area contributed by atoms with Crippen LogP contribution in [0.15, 0.2) is 60.7 Å². The number of fused-ring (bicyclic) bond motifs is 1. The fraction of sp³-hybridized carbons (Fsp3) is 0.0952. The lowest BCUT2D eigenvalue weighted by atomic mass is 10.0. The van der Waals surface area contributed by atoms with Crippen molar-refractivity contribution in [3.63, 3.8) is 0 Å². The van der Waals surface area contributed by atoms with E-state index in [-0.39, 0.29) is 23.6 Å². The zero-order chi connectivity index (χ0) is 19.0. The van der Waals surface area contributed by atoms with Gasteiger partial charge in [0, 0.05) is 5.56 Å². The molecule has 1 saturated heterocycles. The smallest absolute Gasteiger partial charge is 0.280 e. The van der Waals surface area contributed by atoms with Crippen molar-refractivity contribution in [3.05, 3.63) is 77.6 Å². The third kappa shape index (κ3) is 3.36. The molecule has 1 N–H and O–H groups in total. The summed E-state index contributed by atoms with van der Waals surface area (Å²) in [6.07, 6.45) is 0. The molecule has 1 fully saturated rings. The molecule has 27 heavy (non-hydrogen) atoms. The zero-order valence-corrected chi connectivity index (χ0v) is 15.1. The Hall–Kier alpha value is -2.99. The van der Waals surface area contributed by atoms with Crippen molar-refractivity contribution in [1.82, 2.24) is 5.32 Å². The van der Waals surface area contributed by atoms with E-state index < -0.39 is 15.7 Å². The van der Waals surface area contributed by atoms with E-state index in [9.17, 15) is 14.0 Å². The number of imide groups is 1. The molecule has 4 rings (SSSR count). The topological polar surface area (TPSA) is 55.4 Å². The molecule has 0 radical (unpaired) electrons. The van der Waals surface area contributed by atoms with Crippen LogP contribution in [0.4, 0.5) is 9.18 Å². The third-order valence-corrected chi connectivity index (χ3v) is 6.11. The second-order valence-electron chi connectivity index (χ2n) is 6.23. The molecule has 4 nitrogen and oxygen atoms in total. The average Bonchev–Trinajstić information content (AvgIpc) is 2.92. The number of carbonyl (C=O) groups excluding carboxylic acids is 2. The largest absolute Gasteiger partial charge is 0.489 e. The van der Waals surface area contributed by atoms with Gasteiger partial charge in [-0.3, -0.25) is 14.9 Å². The maximum atomic E-state index is 13.7. The maximum absolute atomic E-state index is 13.7. The highest BCUT2D eigenvalue weighted by atomic mass is 32.2. The van der Waals surface area contributed by atoms with Crippen LogP contribution in [0.5, 0.6) is 5.75 Å². The zero-order valence-electron chi connectivity index (χ0n) is 14.3. The van der Waals surface area contributed by atoms with Crippen LogP contribution in [0, 0.1) is 5.82 Å². The van der Waals surface area contributed by atoms with Gasteiger partial charge in [0.05, 0.1) is 0 Å². The van der Waals surface area contributed by atoms with Gasteiger partial charge in [-0.15, -0.1) is 0 Å². The number of nitrogens with one attached hydrogen (secondary N) is 1. The number of halogens is 1. The minimum atomic E-state index is -0.920. The Morgan fingerprint density at radius 3 is 2.52 bits per heavy atom. The van der Waals surface area contributed by atoms with Crippen LogP contribution in [0.25, 0.3) is 10.8 Å². The SMILES string of the molecule is C=S1C(=O)NC(=O)C1c1ccc2cc(OCc3ccccc3F)ccc2c1. The molecular formula is C21H16FNO3S. The van der Waals surface area contributed by atoms with E-state index in [0.717, 1.165) is 16.3 Å². The Balaban J connectivity index is 1.57. The number of carbonyl (C=O) groups is 2. The molecule has 2 amide bonds. The summed E-state index contributed by atoms with van der Waals surface area (Å²) >= 11 is 0. The first kappa shape index (κ1) is 17.4. The summed E-state index contributed by atoms with van der Waals surface area (Å²) in [5.74, 6) is 3.86. The first-order valence-corrected chi connectivity index (χ1v) is 9.76. The second-order valence-corrected chi connectivity index (χ2v) is 7.93. The van der Waals surface area contributed by atoms with E-state index in [2.05, 4.69) is 11.2 Å². The molecule has 1 aliphatic heterocycles. The third-order valence-electron chi connectivity index (χ3n) is 4.48. The van der Waals surface area contributed by atoms with Gasteiger partial charge in [0.15, 0.2) is 0 Å². The molecule has 1 heterocycles. The van der Waals surface area contributed by atoms with E-state index in [4.69, 9.17) is 4.74 Å². The molecule has 3 aromatic rings. The fourth-order valence-corrected chi connectivity index (χ4v) is 4.29. The van der Waals surface area contributed by atoms with E-state index >= 15 is 0 Å². The fourth-order valence-electron chi connectivity index (χ4n) is 3.06. The quantitative estimate of drug-likeness (QED) is 0.675. The summed E-state index contributed by atoms with van der Waals surface area (Å²) in [5.41, 5.74) is 1.26. The van der Waals surface area contributed by atoms with Gasteiger partial charge in [-0.05, 0) is 40.6 Å². The van der Waals surface area contributed by atoms with Crippen molar-refractivity contribution in [2.24, 2.45) is 0 Å². The van der Waals surface area contributed by atoms with Gasteiger partial charge in [-0.2, -0.15) is 0 Å². The summed E-state index contributed by atoms with van der Waals surface area (Å²) in [6, 6.07) is 17.7. The number of benzene rings is 3. The van der Waals surface area contributed by atoms with Gasteiger partial charge in [-0.25, -0.2) is 4.39 Å². The Morgan fingerprint density at radius 1 is 1.04 bits per heavy atom. The molecular weight excluding hydrogens is 365 g/mol. The van der Waals surface area contributed by atoms with Crippen LogP contribution in [0.1, 0.15) is 16.4 Å². The Kier molecular flexibility index (Phi) is 4.49. The number of amides is 2. The van der Waals surface area contributed by atoms with Gasteiger partial charge < -0.3 is 4.74 Å². The highest BCUT2D eigenvalue weighted by Crippen LogP contribution is 2.40. The highest BCUT2D eigenvalue weighted by Gasteiger charge is 2.35. The molecule has 0 saturated carbocycles. The lowest BCUT2D eigenvalue weighted by Gasteiger charge is -2.11. The van der Waals surface area contributed by atoms with Crippen LogP contribution in [-0.2, 0) is 11.4 Å². The predicted molar refractivity (Wildman–Crippen MR) is 106 cm³/mol. The molecule has 136 valence electrons. The molecule has 0 aromatic heterocycles. The number of hydrogen-bond acceptors (Lipinski definition) is 3. The van der Waals surface area contributed by atoms with Gasteiger partial charge in [0.2, 0.25) is 5.91 Å². The van der Waals surface area contributed by atoms with Gasteiger partial charge in [0.1, 0.15) is 23.4 Å². The van der Waals surface area contributed by atoms with E-state index in [1.54, 1.807) is 24.3 Å². The standard InChI is InChI=1S/C21H16FNO3S/c1-27-19(20(24)23-21(27)25)15-7-6-14-11-17(9-8-13(14)10-15)26-12-16-4-2-3-5-18(16)22/h2-11,19H,1,12H2,(H,23,24,25). The van der Waals surface area contributed by atoms with Crippen LogP contribution in [-0.4, -0.2) is 17.0 Å². The van der Waals surface area contributed by atoms with Crippen molar-refractivity contribution < 1.29 is 18.7 Å². The Bertz CT molecular complexity index is 1100. The first-order chi connectivity index (χ1) is 13.0. The lowest BCUT2D eigenvalue weighted by molar-refractivity contribution is -0.119. The minimum absolute atomic E-state index is 0.144. The van der Waals surface area contributed by atoms with Gasteiger partial charge in [0.25, 0.3) is 5.24 Å². The van der Waals surface area contributed by atoms with Crippen LogP contribution >= 0.6 is 10.5 Å². The molecule has 2 atom stereocenters. The van der Waals surface area contributed by atoms with Gasteiger partial charge >= 0.3 is 0 Å². The molecule has 2 unspecified atom stereocenters. The second kappa shape index (κ2) is 6.96. The summed E-state index contributed by atoms with van der Waals surface area (Å²) in [6.45, 7) is 0.144. The lowest BCUT2D eigenvalue weighted by Crippen LogP contribution is -2.20. The van der Waals surface area contributed by atoms with Crippen molar-refractivity contribution >= 4 is 38.3 Å². The van der Waals surface area contributed by atoms with Crippen LogP contribution in [0.2, 0.25) is 0 Å². The Morgan fingerprint density at radius 2 is 1.78 bits per heavy atom. The van der Waals surface area contributed by atoms with Crippen LogP contribution in [0.3, 0.4) is 0 Å². The normalized spacial score (nSPS) is 19.3. The summed E-state index contributed by atoms with van der Waals surface area (Å²) < 4.78 is 19.4.